The van der Waals surface area contributed by atoms with Crippen molar-refractivity contribution < 1.29 is 19.1 Å². The third kappa shape index (κ3) is 4.89. The van der Waals surface area contributed by atoms with Crippen LogP contribution in [0.2, 0.25) is 10.0 Å². The van der Waals surface area contributed by atoms with Crippen molar-refractivity contribution in [2.75, 3.05) is 13.2 Å². The van der Waals surface area contributed by atoms with Crippen LogP contribution in [0.25, 0.3) is 5.13 Å². The fourth-order valence-electron chi connectivity index (χ4n) is 2.86. The molecule has 3 aromatic rings. The van der Waals surface area contributed by atoms with Crippen molar-refractivity contribution in [3.05, 3.63) is 68.4 Å². The number of nitrogens with zero attached hydrogens (tertiary/aromatic N) is 2. The molecule has 7 nitrogen and oxygen atoms in total. The Bertz CT molecular complexity index is 1110. The number of aryl methyl sites for hydroxylation is 1. The second kappa shape index (κ2) is 9.42. The summed E-state index contributed by atoms with van der Waals surface area (Å²) in [6, 6.07) is 6.13. The zero-order valence-electron chi connectivity index (χ0n) is 16.1. The first-order chi connectivity index (χ1) is 14.3. The molecule has 0 aliphatic carbocycles. The van der Waals surface area contributed by atoms with Crippen LogP contribution < -0.4 is 5.32 Å². The van der Waals surface area contributed by atoms with Crippen LogP contribution in [0.4, 0.5) is 0 Å². The van der Waals surface area contributed by atoms with Gasteiger partial charge in [0.2, 0.25) is 5.78 Å². The van der Waals surface area contributed by atoms with E-state index < -0.39 is 25.0 Å². The molecule has 10 heteroatoms. The van der Waals surface area contributed by atoms with Crippen molar-refractivity contribution in [2.45, 2.75) is 13.8 Å². The summed E-state index contributed by atoms with van der Waals surface area (Å²) < 4.78 is 6.88. The zero-order chi connectivity index (χ0) is 21.8. The van der Waals surface area contributed by atoms with Gasteiger partial charge < -0.3 is 10.1 Å². The van der Waals surface area contributed by atoms with Crippen LogP contribution >= 0.6 is 34.5 Å². The number of benzene rings is 1. The Balaban J connectivity index is 1.56. The molecule has 0 radical (unpaired) electrons. The molecule has 0 saturated carbocycles. The van der Waals surface area contributed by atoms with Gasteiger partial charge in [-0.2, -0.15) is 0 Å². The van der Waals surface area contributed by atoms with Crippen molar-refractivity contribution in [2.24, 2.45) is 0 Å². The van der Waals surface area contributed by atoms with Gasteiger partial charge in [0.1, 0.15) is 6.54 Å². The minimum absolute atomic E-state index is 0.166. The van der Waals surface area contributed by atoms with E-state index in [2.05, 4.69) is 10.3 Å². The molecule has 0 atom stereocenters. The Labute approximate surface area is 186 Å². The fraction of sp³-hybridized carbons (Fsp3) is 0.200. The van der Waals surface area contributed by atoms with E-state index in [1.807, 2.05) is 16.9 Å². The van der Waals surface area contributed by atoms with Crippen molar-refractivity contribution >= 4 is 52.2 Å². The molecule has 1 N–H and O–H groups in total. The summed E-state index contributed by atoms with van der Waals surface area (Å²) in [7, 11) is 0. The monoisotopic (exact) mass is 465 g/mol. The Kier molecular flexibility index (Phi) is 6.91. The maximum Gasteiger partial charge on any atom is 0.325 e. The van der Waals surface area contributed by atoms with E-state index in [1.54, 1.807) is 19.2 Å². The van der Waals surface area contributed by atoms with E-state index in [0.29, 0.717) is 16.3 Å². The topological polar surface area (TPSA) is 90.3 Å². The summed E-state index contributed by atoms with van der Waals surface area (Å²) in [6.07, 6.45) is 1.69. The zero-order valence-corrected chi connectivity index (χ0v) is 18.4. The molecule has 0 aliphatic heterocycles. The van der Waals surface area contributed by atoms with E-state index in [0.717, 1.165) is 10.8 Å². The SMILES string of the molecule is Cc1cc(C(=O)COC(=O)CNC(=O)c2ccc(Cl)cc2Cl)c(C)n1-c1nccs1. The fourth-order valence-corrected chi connectivity index (χ4v) is 4.11. The molecule has 30 heavy (non-hydrogen) atoms. The van der Waals surface area contributed by atoms with Gasteiger partial charge in [0.25, 0.3) is 5.91 Å². The number of carbonyl (C=O) groups is 3. The molecule has 0 bridgehead atoms. The van der Waals surface area contributed by atoms with Gasteiger partial charge in [0.05, 0.1) is 10.6 Å². The molecule has 0 spiro atoms. The Morgan fingerprint density at radius 2 is 1.93 bits per heavy atom. The standard InChI is InChI=1S/C20H17Cl2N3O4S/c1-11-7-15(12(2)25(11)20-23-5-6-30-20)17(26)10-29-18(27)9-24-19(28)14-4-3-13(21)8-16(14)22/h3-8H,9-10H2,1-2H3,(H,24,28). The van der Waals surface area contributed by atoms with E-state index in [1.165, 1.54) is 29.5 Å². The molecule has 0 saturated heterocycles. The number of ketones is 1. The van der Waals surface area contributed by atoms with Gasteiger partial charge in [0.15, 0.2) is 11.7 Å². The van der Waals surface area contributed by atoms with E-state index in [4.69, 9.17) is 27.9 Å². The highest BCUT2D eigenvalue weighted by atomic mass is 35.5. The largest absolute Gasteiger partial charge is 0.456 e. The molecule has 2 heterocycles. The maximum atomic E-state index is 12.5. The summed E-state index contributed by atoms with van der Waals surface area (Å²) >= 11 is 13.2. The number of nitrogens with one attached hydrogen (secondary N) is 1. The average Bonchev–Trinajstić information content (AvgIpc) is 3.31. The molecule has 3 rings (SSSR count). The lowest BCUT2D eigenvalue weighted by molar-refractivity contribution is -0.141. The highest BCUT2D eigenvalue weighted by molar-refractivity contribution is 7.12. The smallest absolute Gasteiger partial charge is 0.325 e. The summed E-state index contributed by atoms with van der Waals surface area (Å²) in [5.41, 5.74) is 2.20. The summed E-state index contributed by atoms with van der Waals surface area (Å²) in [6.45, 7) is 2.84. The van der Waals surface area contributed by atoms with Crippen LogP contribution in [0.3, 0.4) is 0 Å². The minimum Gasteiger partial charge on any atom is -0.456 e. The van der Waals surface area contributed by atoms with E-state index in [-0.39, 0.29) is 16.4 Å². The quantitative estimate of drug-likeness (QED) is 0.420. The summed E-state index contributed by atoms with van der Waals surface area (Å²) in [5, 5.41) is 5.57. The maximum absolute atomic E-state index is 12.5. The molecule has 156 valence electrons. The highest BCUT2D eigenvalue weighted by Gasteiger charge is 2.19. The van der Waals surface area contributed by atoms with Gasteiger partial charge in [-0.3, -0.25) is 19.0 Å². The number of hydrogen-bond donors (Lipinski definition) is 1. The lowest BCUT2D eigenvalue weighted by Crippen LogP contribution is -2.31. The number of halogens is 2. The highest BCUT2D eigenvalue weighted by Crippen LogP contribution is 2.23. The third-order valence-corrected chi connectivity index (χ3v) is 5.58. The molecule has 1 aromatic carbocycles. The van der Waals surface area contributed by atoms with Crippen molar-refractivity contribution in [1.82, 2.24) is 14.9 Å². The van der Waals surface area contributed by atoms with Gasteiger partial charge in [-0.1, -0.05) is 23.2 Å². The Morgan fingerprint density at radius 1 is 1.17 bits per heavy atom. The van der Waals surface area contributed by atoms with Crippen molar-refractivity contribution in [3.63, 3.8) is 0 Å². The van der Waals surface area contributed by atoms with Crippen LogP contribution in [0.1, 0.15) is 32.1 Å². The normalized spacial score (nSPS) is 10.7. The molecule has 2 aromatic heterocycles. The van der Waals surface area contributed by atoms with Gasteiger partial charge in [-0.05, 0) is 38.1 Å². The van der Waals surface area contributed by atoms with Crippen LogP contribution in [0, 0.1) is 13.8 Å². The average molecular weight is 466 g/mol. The van der Waals surface area contributed by atoms with Crippen LogP contribution in [0.15, 0.2) is 35.8 Å². The van der Waals surface area contributed by atoms with Gasteiger partial charge in [0, 0.05) is 33.6 Å². The number of hydrogen-bond acceptors (Lipinski definition) is 6. The molecule has 0 fully saturated rings. The molecule has 0 aliphatic rings. The lowest BCUT2D eigenvalue weighted by Gasteiger charge is -2.08. The number of rotatable bonds is 7. The Hall–Kier alpha value is -2.68. The minimum atomic E-state index is -0.740. The Morgan fingerprint density at radius 3 is 2.60 bits per heavy atom. The second-order valence-corrected chi connectivity index (χ2v) is 8.04. The van der Waals surface area contributed by atoms with Crippen molar-refractivity contribution in [1.29, 1.82) is 0 Å². The van der Waals surface area contributed by atoms with Gasteiger partial charge in [-0.25, -0.2) is 4.98 Å². The van der Waals surface area contributed by atoms with Crippen molar-refractivity contribution in [3.8, 4) is 5.13 Å². The molecular formula is C20H17Cl2N3O4S. The van der Waals surface area contributed by atoms with Crippen LogP contribution in [-0.2, 0) is 9.53 Å². The number of aromatic nitrogens is 2. The first-order valence-electron chi connectivity index (χ1n) is 8.78. The van der Waals surface area contributed by atoms with Crippen LogP contribution in [-0.4, -0.2) is 40.4 Å². The molecule has 0 unspecified atom stereocenters. The third-order valence-electron chi connectivity index (χ3n) is 4.28. The number of amides is 1. The molecule has 1 amide bonds. The van der Waals surface area contributed by atoms with E-state index in [9.17, 15) is 14.4 Å². The number of Topliss-reactive ketones (excluding diaryl/α,β-unsaturated/α-hetero) is 1. The molecular weight excluding hydrogens is 449 g/mol. The number of ether oxygens (including phenoxy) is 1. The number of thiazole rings is 1. The number of carbonyl (C=O) groups excluding carboxylic acids is 3. The van der Waals surface area contributed by atoms with Gasteiger partial charge >= 0.3 is 5.97 Å². The summed E-state index contributed by atoms with van der Waals surface area (Å²) in [4.78, 5) is 40.8. The predicted molar refractivity (Wildman–Crippen MR) is 115 cm³/mol. The number of esters is 1. The lowest BCUT2D eigenvalue weighted by atomic mass is 10.1. The predicted octanol–water partition coefficient (Wildman–Crippen LogP) is 4.01. The van der Waals surface area contributed by atoms with E-state index >= 15 is 0 Å². The first-order valence-corrected chi connectivity index (χ1v) is 10.4. The van der Waals surface area contributed by atoms with Gasteiger partial charge in [-0.15, -0.1) is 11.3 Å². The van der Waals surface area contributed by atoms with Crippen LogP contribution in [0.5, 0.6) is 0 Å². The first kappa shape index (κ1) is 22.0. The second-order valence-electron chi connectivity index (χ2n) is 6.33. The summed E-state index contributed by atoms with van der Waals surface area (Å²) in [5.74, 6) is -1.63.